The van der Waals surface area contributed by atoms with E-state index in [-0.39, 0.29) is 0 Å². The lowest BCUT2D eigenvalue weighted by Crippen LogP contribution is -2.28. The fourth-order valence-corrected chi connectivity index (χ4v) is 2.60. The van der Waals surface area contributed by atoms with Gasteiger partial charge in [-0.1, -0.05) is 15.9 Å². The molecular weight excluding hydrogens is 266 g/mol. The van der Waals surface area contributed by atoms with Crippen LogP contribution in [0.5, 0.6) is 0 Å². The highest BCUT2D eigenvalue weighted by Gasteiger charge is 2.17. The van der Waals surface area contributed by atoms with Crippen molar-refractivity contribution >= 4 is 21.6 Å². The number of fused-ring (bicyclic) bond motifs is 1. The Labute approximate surface area is 103 Å². The highest BCUT2D eigenvalue weighted by molar-refractivity contribution is 9.10. The van der Waals surface area contributed by atoms with Gasteiger partial charge in [0.05, 0.1) is 5.69 Å². The maximum Gasteiger partial charge on any atom is 0.138 e. The third kappa shape index (κ3) is 1.87. The lowest BCUT2D eigenvalue weighted by molar-refractivity contribution is 0.456. The molecule has 0 saturated carbocycles. The van der Waals surface area contributed by atoms with E-state index in [1.165, 1.54) is 18.5 Å². The average Bonchev–Trinajstić information content (AvgIpc) is 2.73. The third-order valence-electron chi connectivity index (χ3n) is 3.16. The molecule has 0 radical (unpaired) electrons. The van der Waals surface area contributed by atoms with Gasteiger partial charge in [0.2, 0.25) is 0 Å². The first-order valence-corrected chi connectivity index (χ1v) is 6.47. The van der Waals surface area contributed by atoms with Crippen molar-refractivity contribution in [2.24, 2.45) is 0 Å². The summed E-state index contributed by atoms with van der Waals surface area (Å²) in [5.74, 6) is 0.576. The van der Waals surface area contributed by atoms with Crippen LogP contribution in [0.25, 0.3) is 5.65 Å². The molecule has 2 aromatic heterocycles. The molecule has 1 aliphatic heterocycles. The van der Waals surface area contributed by atoms with Crippen LogP contribution < -0.4 is 5.32 Å². The zero-order valence-electron chi connectivity index (χ0n) is 8.99. The van der Waals surface area contributed by atoms with Crippen molar-refractivity contribution in [1.82, 2.24) is 14.7 Å². The van der Waals surface area contributed by atoms with Gasteiger partial charge >= 0.3 is 0 Å². The topological polar surface area (TPSA) is 29.3 Å². The number of piperidine rings is 1. The van der Waals surface area contributed by atoms with Crippen LogP contribution in [-0.4, -0.2) is 22.5 Å². The standard InChI is InChI=1S/C12H14BrN3/c13-10-3-5-16-8-11(15-12(16)6-10)9-2-1-4-14-7-9/h3,5-6,8-9,14H,1-2,4,7H2. The summed E-state index contributed by atoms with van der Waals surface area (Å²) in [7, 11) is 0. The average molecular weight is 280 g/mol. The number of pyridine rings is 1. The van der Waals surface area contributed by atoms with Crippen LogP contribution in [0.15, 0.2) is 29.0 Å². The summed E-state index contributed by atoms with van der Waals surface area (Å²) in [5, 5.41) is 3.43. The smallest absolute Gasteiger partial charge is 0.138 e. The first-order valence-electron chi connectivity index (χ1n) is 5.68. The lowest BCUT2D eigenvalue weighted by Gasteiger charge is -2.20. The van der Waals surface area contributed by atoms with Crippen molar-refractivity contribution in [3.63, 3.8) is 0 Å². The molecule has 0 amide bonds. The van der Waals surface area contributed by atoms with E-state index in [9.17, 15) is 0 Å². The Morgan fingerprint density at radius 2 is 2.44 bits per heavy atom. The monoisotopic (exact) mass is 279 g/mol. The Balaban J connectivity index is 1.97. The Morgan fingerprint density at radius 3 is 3.25 bits per heavy atom. The molecule has 16 heavy (non-hydrogen) atoms. The van der Waals surface area contributed by atoms with Crippen LogP contribution in [0.4, 0.5) is 0 Å². The summed E-state index contributed by atoms with van der Waals surface area (Å²) >= 11 is 3.47. The Bertz CT molecular complexity index is 500. The molecule has 0 bridgehead atoms. The molecule has 84 valence electrons. The van der Waals surface area contributed by atoms with E-state index in [1.54, 1.807) is 0 Å². The number of rotatable bonds is 1. The molecule has 1 N–H and O–H groups in total. The van der Waals surface area contributed by atoms with Gasteiger partial charge in [0.1, 0.15) is 5.65 Å². The molecule has 3 heterocycles. The molecule has 0 spiro atoms. The molecule has 4 heteroatoms. The Morgan fingerprint density at radius 1 is 1.50 bits per heavy atom. The summed E-state index contributed by atoms with van der Waals surface area (Å²) in [4.78, 5) is 4.69. The van der Waals surface area contributed by atoms with E-state index in [4.69, 9.17) is 4.98 Å². The minimum Gasteiger partial charge on any atom is -0.316 e. The van der Waals surface area contributed by atoms with Gasteiger partial charge < -0.3 is 9.72 Å². The van der Waals surface area contributed by atoms with Crippen molar-refractivity contribution in [2.45, 2.75) is 18.8 Å². The van der Waals surface area contributed by atoms with Gasteiger partial charge in [-0.15, -0.1) is 0 Å². The van der Waals surface area contributed by atoms with Crippen molar-refractivity contribution in [3.8, 4) is 0 Å². The van der Waals surface area contributed by atoms with Crippen LogP contribution in [0.3, 0.4) is 0 Å². The van der Waals surface area contributed by atoms with Crippen LogP contribution >= 0.6 is 15.9 Å². The summed E-state index contributed by atoms with van der Waals surface area (Å²) < 4.78 is 3.17. The van der Waals surface area contributed by atoms with E-state index in [2.05, 4.69) is 37.9 Å². The predicted octanol–water partition coefficient (Wildman–Crippen LogP) is 2.56. The number of hydrogen-bond acceptors (Lipinski definition) is 2. The number of nitrogens with zero attached hydrogens (tertiary/aromatic N) is 2. The highest BCUT2D eigenvalue weighted by Crippen LogP contribution is 2.23. The quantitative estimate of drug-likeness (QED) is 0.870. The number of hydrogen-bond donors (Lipinski definition) is 1. The summed E-state index contributed by atoms with van der Waals surface area (Å²) in [6, 6.07) is 4.09. The molecular formula is C12H14BrN3. The minimum absolute atomic E-state index is 0.576. The highest BCUT2D eigenvalue weighted by atomic mass is 79.9. The van der Waals surface area contributed by atoms with Crippen LogP contribution in [-0.2, 0) is 0 Å². The molecule has 3 nitrogen and oxygen atoms in total. The van der Waals surface area contributed by atoms with Crippen LogP contribution in [0.1, 0.15) is 24.5 Å². The number of nitrogens with one attached hydrogen (secondary N) is 1. The molecule has 1 fully saturated rings. The van der Waals surface area contributed by atoms with E-state index < -0.39 is 0 Å². The zero-order valence-corrected chi connectivity index (χ0v) is 10.6. The second-order valence-corrected chi connectivity index (χ2v) is 5.24. The van der Waals surface area contributed by atoms with E-state index in [0.717, 1.165) is 23.2 Å². The van der Waals surface area contributed by atoms with Crippen LogP contribution in [0.2, 0.25) is 0 Å². The molecule has 2 aromatic rings. The Hall–Kier alpha value is -0.870. The van der Waals surface area contributed by atoms with Crippen molar-refractivity contribution < 1.29 is 0 Å². The zero-order chi connectivity index (χ0) is 11.0. The largest absolute Gasteiger partial charge is 0.316 e. The Kier molecular flexibility index (Phi) is 2.69. The number of imidazole rings is 1. The van der Waals surface area contributed by atoms with Gasteiger partial charge in [0, 0.05) is 29.3 Å². The van der Waals surface area contributed by atoms with E-state index in [0.29, 0.717) is 5.92 Å². The molecule has 1 aliphatic rings. The first kappa shape index (κ1) is 10.3. The molecule has 0 aromatic carbocycles. The molecule has 3 rings (SSSR count). The normalized spacial score (nSPS) is 21.4. The fraction of sp³-hybridized carbons (Fsp3) is 0.417. The van der Waals surface area contributed by atoms with E-state index in [1.807, 2.05) is 12.3 Å². The maximum absolute atomic E-state index is 4.69. The summed E-state index contributed by atoms with van der Waals surface area (Å²) in [6.45, 7) is 2.21. The molecule has 0 aliphatic carbocycles. The molecule has 1 saturated heterocycles. The van der Waals surface area contributed by atoms with Gasteiger partial charge in [0.15, 0.2) is 0 Å². The fourth-order valence-electron chi connectivity index (χ4n) is 2.28. The second-order valence-electron chi connectivity index (χ2n) is 4.32. The summed E-state index contributed by atoms with van der Waals surface area (Å²) in [5.41, 5.74) is 2.24. The van der Waals surface area contributed by atoms with E-state index >= 15 is 0 Å². The predicted molar refractivity (Wildman–Crippen MR) is 67.7 cm³/mol. The summed E-state index contributed by atoms with van der Waals surface area (Å²) in [6.07, 6.45) is 6.70. The van der Waals surface area contributed by atoms with Gasteiger partial charge in [-0.2, -0.15) is 0 Å². The lowest BCUT2D eigenvalue weighted by atomic mass is 9.97. The van der Waals surface area contributed by atoms with Gasteiger partial charge in [0.25, 0.3) is 0 Å². The van der Waals surface area contributed by atoms with Gasteiger partial charge in [-0.25, -0.2) is 4.98 Å². The van der Waals surface area contributed by atoms with Crippen molar-refractivity contribution in [3.05, 3.63) is 34.7 Å². The SMILES string of the molecule is Brc1ccn2cc(C3CCCNC3)nc2c1. The van der Waals surface area contributed by atoms with Gasteiger partial charge in [-0.05, 0) is 31.5 Å². The van der Waals surface area contributed by atoms with Crippen LogP contribution in [0, 0.1) is 0 Å². The third-order valence-corrected chi connectivity index (χ3v) is 3.65. The van der Waals surface area contributed by atoms with Crippen molar-refractivity contribution in [2.75, 3.05) is 13.1 Å². The first-order chi connectivity index (χ1) is 7.83. The second kappa shape index (κ2) is 4.18. The molecule has 1 unspecified atom stereocenters. The molecule has 1 atom stereocenters. The number of aromatic nitrogens is 2. The number of halogens is 1. The minimum atomic E-state index is 0.576. The van der Waals surface area contributed by atoms with Crippen molar-refractivity contribution in [1.29, 1.82) is 0 Å². The van der Waals surface area contributed by atoms with Gasteiger partial charge in [-0.3, -0.25) is 0 Å². The maximum atomic E-state index is 4.69.